The van der Waals surface area contributed by atoms with Crippen molar-refractivity contribution in [3.63, 3.8) is 0 Å². The number of benzene rings is 1. The molecule has 0 aliphatic rings. The van der Waals surface area contributed by atoms with Gasteiger partial charge in [-0.05, 0) is 25.5 Å². The molecule has 0 saturated carbocycles. The third-order valence-electron chi connectivity index (χ3n) is 3.19. The van der Waals surface area contributed by atoms with E-state index in [0.29, 0.717) is 6.61 Å². The molecule has 1 aromatic carbocycles. The number of amides is 3. The molecule has 1 radical (unpaired) electrons. The standard InChI is InChI=1S/C17H21N2O4/c1-4-23-14(2)18(3)17(22)19(12-13-20)16(21)11-10-15-8-6-5-7-9-15/h5-11,14H,4,12H2,1-3H3/b11-10+. The minimum atomic E-state index is -0.614. The number of carbonyl (C=O) groups excluding carboxylic acids is 3. The zero-order valence-corrected chi connectivity index (χ0v) is 13.6. The minimum absolute atomic E-state index is 0.431. The zero-order chi connectivity index (χ0) is 17.2. The smallest absolute Gasteiger partial charge is 0.329 e. The lowest BCUT2D eigenvalue weighted by Crippen LogP contribution is -2.48. The third kappa shape index (κ3) is 5.67. The van der Waals surface area contributed by atoms with Crippen molar-refractivity contribution in [1.82, 2.24) is 9.80 Å². The topological polar surface area (TPSA) is 66.9 Å². The van der Waals surface area contributed by atoms with Gasteiger partial charge in [-0.3, -0.25) is 14.5 Å². The first kappa shape index (κ1) is 18.6. The predicted molar refractivity (Wildman–Crippen MR) is 87.1 cm³/mol. The molecule has 1 unspecified atom stereocenters. The molecule has 0 bridgehead atoms. The van der Waals surface area contributed by atoms with Gasteiger partial charge in [-0.25, -0.2) is 4.79 Å². The summed E-state index contributed by atoms with van der Waals surface area (Å²) in [5.41, 5.74) is 0.819. The van der Waals surface area contributed by atoms with Crippen LogP contribution in [0.1, 0.15) is 19.4 Å². The van der Waals surface area contributed by atoms with Crippen molar-refractivity contribution in [1.29, 1.82) is 0 Å². The van der Waals surface area contributed by atoms with Crippen LogP contribution < -0.4 is 0 Å². The van der Waals surface area contributed by atoms with Gasteiger partial charge in [0.2, 0.25) is 6.29 Å². The average Bonchev–Trinajstić information content (AvgIpc) is 2.57. The molecule has 0 saturated heterocycles. The first-order valence-electron chi connectivity index (χ1n) is 7.29. The average molecular weight is 317 g/mol. The number of nitrogens with zero attached hydrogens (tertiary/aromatic N) is 2. The number of ether oxygens (including phenoxy) is 1. The second-order valence-electron chi connectivity index (χ2n) is 4.76. The van der Waals surface area contributed by atoms with Crippen molar-refractivity contribution < 1.29 is 19.1 Å². The van der Waals surface area contributed by atoms with Crippen LogP contribution in [0.15, 0.2) is 36.4 Å². The molecule has 0 spiro atoms. The summed E-state index contributed by atoms with van der Waals surface area (Å²) in [4.78, 5) is 37.3. The van der Waals surface area contributed by atoms with E-state index in [-0.39, 0.29) is 0 Å². The number of hydrogen-bond acceptors (Lipinski definition) is 4. The van der Waals surface area contributed by atoms with Gasteiger partial charge >= 0.3 is 6.03 Å². The van der Waals surface area contributed by atoms with Crippen LogP contribution in [0, 0.1) is 0 Å². The maximum absolute atomic E-state index is 12.3. The predicted octanol–water partition coefficient (Wildman–Crippen LogP) is 2.07. The van der Waals surface area contributed by atoms with Crippen LogP contribution in [0.5, 0.6) is 0 Å². The highest BCUT2D eigenvalue weighted by Gasteiger charge is 2.25. The summed E-state index contributed by atoms with van der Waals surface area (Å²) in [6.45, 7) is 3.49. The van der Waals surface area contributed by atoms with Crippen molar-refractivity contribution in [2.75, 3.05) is 20.2 Å². The van der Waals surface area contributed by atoms with Crippen molar-refractivity contribution >= 4 is 24.3 Å². The fourth-order valence-corrected chi connectivity index (χ4v) is 1.82. The van der Waals surface area contributed by atoms with Crippen molar-refractivity contribution in [2.45, 2.75) is 20.1 Å². The lowest BCUT2D eigenvalue weighted by Gasteiger charge is -2.28. The Morgan fingerprint density at radius 1 is 1.30 bits per heavy atom. The summed E-state index contributed by atoms with van der Waals surface area (Å²) in [5.74, 6) is -0.585. The Labute approximate surface area is 136 Å². The molecule has 1 rings (SSSR count). The molecule has 23 heavy (non-hydrogen) atoms. The first-order valence-corrected chi connectivity index (χ1v) is 7.29. The lowest BCUT2D eigenvalue weighted by molar-refractivity contribution is -0.123. The highest BCUT2D eigenvalue weighted by atomic mass is 16.5. The summed E-state index contributed by atoms with van der Waals surface area (Å²) in [7, 11) is 1.51. The van der Waals surface area contributed by atoms with Gasteiger partial charge in [0, 0.05) is 19.7 Å². The highest BCUT2D eigenvalue weighted by molar-refractivity contribution is 6.03. The third-order valence-corrected chi connectivity index (χ3v) is 3.19. The fourth-order valence-electron chi connectivity index (χ4n) is 1.82. The van der Waals surface area contributed by atoms with E-state index in [9.17, 15) is 14.4 Å². The Bertz CT molecular complexity index is 557. The van der Waals surface area contributed by atoms with Gasteiger partial charge in [0.05, 0.1) is 6.54 Å². The van der Waals surface area contributed by atoms with Crippen LogP contribution in [-0.4, -0.2) is 54.5 Å². The number of hydrogen-bond donors (Lipinski definition) is 0. The first-order chi connectivity index (χ1) is 11.0. The Kier molecular flexibility index (Phi) is 7.70. The molecule has 0 fully saturated rings. The molecular weight excluding hydrogens is 296 g/mol. The Hall–Kier alpha value is -2.47. The monoisotopic (exact) mass is 317 g/mol. The van der Waals surface area contributed by atoms with Gasteiger partial charge in [0.1, 0.15) is 6.23 Å². The van der Waals surface area contributed by atoms with E-state index in [2.05, 4.69) is 0 Å². The lowest BCUT2D eigenvalue weighted by atomic mass is 10.2. The number of urea groups is 1. The Morgan fingerprint density at radius 3 is 2.52 bits per heavy atom. The van der Waals surface area contributed by atoms with E-state index in [1.807, 2.05) is 30.3 Å². The van der Waals surface area contributed by atoms with Gasteiger partial charge in [0.25, 0.3) is 5.91 Å². The van der Waals surface area contributed by atoms with E-state index < -0.39 is 24.7 Å². The normalized spacial score (nSPS) is 12.0. The number of imide groups is 1. The van der Waals surface area contributed by atoms with Gasteiger partial charge in [-0.15, -0.1) is 0 Å². The summed E-state index contributed by atoms with van der Waals surface area (Å²) in [5, 5.41) is 0. The van der Waals surface area contributed by atoms with Crippen LogP contribution in [-0.2, 0) is 14.3 Å². The zero-order valence-electron chi connectivity index (χ0n) is 13.6. The van der Waals surface area contributed by atoms with Crippen molar-refractivity contribution in [3.8, 4) is 0 Å². The Morgan fingerprint density at radius 2 is 1.96 bits per heavy atom. The van der Waals surface area contributed by atoms with Crippen LogP contribution in [0.3, 0.4) is 0 Å². The number of rotatable bonds is 7. The van der Waals surface area contributed by atoms with Gasteiger partial charge in [-0.1, -0.05) is 30.3 Å². The van der Waals surface area contributed by atoms with Crippen LogP contribution in [0.4, 0.5) is 4.79 Å². The quantitative estimate of drug-likeness (QED) is 0.570. The molecule has 6 nitrogen and oxygen atoms in total. The van der Waals surface area contributed by atoms with Crippen LogP contribution in [0.25, 0.3) is 6.08 Å². The Balaban J connectivity index is 2.83. The van der Waals surface area contributed by atoms with E-state index in [1.165, 1.54) is 18.0 Å². The minimum Gasteiger partial charge on any atom is -0.359 e. The van der Waals surface area contributed by atoms with Crippen LogP contribution >= 0.6 is 0 Å². The molecule has 0 aromatic heterocycles. The molecule has 3 amide bonds. The summed E-state index contributed by atoms with van der Waals surface area (Å²) >= 11 is 0. The molecule has 0 N–H and O–H groups in total. The van der Waals surface area contributed by atoms with Gasteiger partial charge in [-0.2, -0.15) is 0 Å². The van der Waals surface area contributed by atoms with E-state index in [4.69, 9.17) is 4.74 Å². The molecule has 1 atom stereocenters. The fraction of sp³-hybridized carbons (Fsp3) is 0.353. The largest absolute Gasteiger partial charge is 0.359 e. The molecular formula is C17H21N2O4. The number of carbonyl (C=O) groups is 2. The van der Waals surface area contributed by atoms with Gasteiger partial charge < -0.3 is 9.64 Å². The highest BCUT2D eigenvalue weighted by Crippen LogP contribution is 2.06. The molecule has 0 aliphatic heterocycles. The van der Waals surface area contributed by atoms with Crippen molar-refractivity contribution in [3.05, 3.63) is 42.0 Å². The summed E-state index contributed by atoms with van der Waals surface area (Å²) < 4.78 is 5.31. The van der Waals surface area contributed by atoms with E-state index in [0.717, 1.165) is 10.5 Å². The second-order valence-corrected chi connectivity index (χ2v) is 4.76. The van der Waals surface area contributed by atoms with Crippen molar-refractivity contribution in [2.24, 2.45) is 0 Å². The molecule has 0 heterocycles. The molecule has 1 aromatic rings. The van der Waals surface area contributed by atoms with E-state index in [1.54, 1.807) is 26.2 Å². The maximum atomic E-state index is 12.3. The molecule has 0 aliphatic carbocycles. The molecule has 123 valence electrons. The summed E-state index contributed by atoms with van der Waals surface area (Å²) in [6.07, 6.45) is 3.92. The maximum Gasteiger partial charge on any atom is 0.329 e. The molecule has 6 heteroatoms. The van der Waals surface area contributed by atoms with E-state index >= 15 is 0 Å². The SMILES string of the molecule is CCOC(C)N(C)C(=O)N(C[C]=O)C(=O)/C=C/c1ccccc1. The second kappa shape index (κ2) is 9.53. The van der Waals surface area contributed by atoms with Gasteiger partial charge in [0.15, 0.2) is 0 Å². The van der Waals surface area contributed by atoms with Crippen LogP contribution in [0.2, 0.25) is 0 Å². The summed E-state index contributed by atoms with van der Waals surface area (Å²) in [6, 6.07) is 8.57.